The van der Waals surface area contributed by atoms with Crippen LogP contribution in [0.1, 0.15) is 22.8 Å². The number of carboxylic acid groups (broad SMARTS) is 1. The lowest BCUT2D eigenvalue weighted by Crippen LogP contribution is -2.17. The molecular formula is C19H19N5O4S. The number of aromatic carboxylic acids is 1. The van der Waals surface area contributed by atoms with Gasteiger partial charge in [0.2, 0.25) is 11.1 Å². The van der Waals surface area contributed by atoms with Crippen LogP contribution >= 0.6 is 11.8 Å². The fourth-order valence-corrected chi connectivity index (χ4v) is 3.27. The van der Waals surface area contributed by atoms with E-state index in [0.29, 0.717) is 23.2 Å². The first kappa shape index (κ1) is 20.3. The van der Waals surface area contributed by atoms with Gasteiger partial charge in [-0.05, 0) is 48.5 Å². The van der Waals surface area contributed by atoms with Crippen LogP contribution < -0.4 is 10.1 Å². The Labute approximate surface area is 171 Å². The number of carbonyl (C=O) groups excluding carboxylic acids is 1. The molecule has 1 heterocycles. The molecule has 0 radical (unpaired) electrons. The molecule has 2 N–H and O–H groups in total. The lowest BCUT2D eigenvalue weighted by Gasteiger charge is -2.11. The van der Waals surface area contributed by atoms with Crippen LogP contribution in [-0.2, 0) is 4.79 Å². The lowest BCUT2D eigenvalue weighted by molar-refractivity contribution is -0.113. The Morgan fingerprint density at radius 1 is 1.24 bits per heavy atom. The Balaban J connectivity index is 1.72. The van der Waals surface area contributed by atoms with E-state index in [0.717, 1.165) is 17.3 Å². The minimum atomic E-state index is -1.10. The molecule has 0 bridgehead atoms. The smallest absolute Gasteiger partial charge is 0.337 e. The first-order chi connectivity index (χ1) is 14.0. The maximum Gasteiger partial charge on any atom is 0.337 e. The average Bonchev–Trinajstić information content (AvgIpc) is 3.17. The number of hydrogen-bond donors (Lipinski definition) is 2. The Kier molecular flexibility index (Phi) is 6.45. The zero-order valence-corrected chi connectivity index (χ0v) is 16.6. The molecule has 29 heavy (non-hydrogen) atoms. The number of nitrogens with one attached hydrogen (secondary N) is 1. The number of carbonyl (C=O) groups is 2. The van der Waals surface area contributed by atoms with E-state index in [4.69, 9.17) is 4.74 Å². The summed E-state index contributed by atoms with van der Waals surface area (Å²) in [4.78, 5) is 23.7. The van der Waals surface area contributed by atoms with E-state index in [1.54, 1.807) is 19.1 Å². The normalized spacial score (nSPS) is 10.6. The number of tetrazole rings is 1. The molecule has 0 fully saturated rings. The number of aromatic nitrogens is 4. The highest BCUT2D eigenvalue weighted by Gasteiger charge is 2.16. The largest absolute Gasteiger partial charge is 0.492 e. The molecule has 0 aliphatic heterocycles. The third-order valence-electron chi connectivity index (χ3n) is 3.85. The van der Waals surface area contributed by atoms with Crippen molar-refractivity contribution in [2.75, 3.05) is 17.7 Å². The van der Waals surface area contributed by atoms with Crippen LogP contribution in [0.3, 0.4) is 0 Å². The van der Waals surface area contributed by atoms with Gasteiger partial charge in [-0.25, -0.2) is 4.79 Å². The van der Waals surface area contributed by atoms with Crippen LogP contribution in [0.2, 0.25) is 0 Å². The van der Waals surface area contributed by atoms with E-state index in [2.05, 4.69) is 20.8 Å². The molecule has 3 rings (SSSR count). The summed E-state index contributed by atoms with van der Waals surface area (Å²) in [5.74, 6) is -0.842. The molecule has 2 aromatic carbocycles. The van der Waals surface area contributed by atoms with Crippen molar-refractivity contribution in [3.8, 4) is 11.4 Å². The van der Waals surface area contributed by atoms with Gasteiger partial charge in [-0.2, -0.15) is 4.68 Å². The molecule has 1 amide bonds. The fourth-order valence-electron chi connectivity index (χ4n) is 2.59. The maximum absolute atomic E-state index is 12.4. The summed E-state index contributed by atoms with van der Waals surface area (Å²) in [5, 5.41) is 24.0. The molecular weight excluding hydrogens is 394 g/mol. The van der Waals surface area contributed by atoms with Crippen LogP contribution in [0.15, 0.2) is 47.6 Å². The molecule has 10 heteroatoms. The van der Waals surface area contributed by atoms with Gasteiger partial charge in [0.05, 0.1) is 23.6 Å². The van der Waals surface area contributed by atoms with Gasteiger partial charge in [0.1, 0.15) is 11.4 Å². The fraction of sp³-hybridized carbons (Fsp3) is 0.211. The minimum absolute atomic E-state index is 0.00408. The molecule has 150 valence electrons. The Morgan fingerprint density at radius 3 is 2.79 bits per heavy atom. The first-order valence-corrected chi connectivity index (χ1v) is 9.75. The van der Waals surface area contributed by atoms with E-state index in [1.807, 2.05) is 31.2 Å². The van der Waals surface area contributed by atoms with Crippen LogP contribution in [-0.4, -0.2) is 49.6 Å². The van der Waals surface area contributed by atoms with Crippen molar-refractivity contribution in [1.82, 2.24) is 20.2 Å². The van der Waals surface area contributed by atoms with Crippen LogP contribution in [0.4, 0.5) is 5.69 Å². The van der Waals surface area contributed by atoms with Crippen molar-refractivity contribution in [2.24, 2.45) is 0 Å². The molecule has 0 saturated carbocycles. The Morgan fingerprint density at radius 2 is 2.03 bits per heavy atom. The lowest BCUT2D eigenvalue weighted by atomic mass is 10.1. The Bertz CT molecular complexity index is 1040. The third-order valence-corrected chi connectivity index (χ3v) is 4.77. The monoisotopic (exact) mass is 413 g/mol. The van der Waals surface area contributed by atoms with Crippen LogP contribution in [0, 0.1) is 6.92 Å². The number of benzene rings is 2. The number of nitrogens with zero attached hydrogens (tertiary/aromatic N) is 4. The second-order valence-corrected chi connectivity index (χ2v) is 6.91. The standard InChI is InChI=1S/C19H19N5O4S/c1-3-28-16-7-5-4-6-15(16)24-19(21-22-23-24)29-11-17(25)20-14-9-8-12(2)10-13(14)18(26)27/h4-10H,3,11H2,1-2H3,(H,20,25)(H,26,27). The number of rotatable bonds is 8. The van der Waals surface area contributed by atoms with Gasteiger partial charge in [-0.1, -0.05) is 35.5 Å². The van der Waals surface area contributed by atoms with Crippen molar-refractivity contribution in [3.63, 3.8) is 0 Å². The highest BCUT2D eigenvalue weighted by atomic mass is 32.2. The number of carboxylic acids is 1. The zero-order valence-electron chi connectivity index (χ0n) is 15.8. The van der Waals surface area contributed by atoms with E-state index < -0.39 is 5.97 Å². The van der Waals surface area contributed by atoms with Gasteiger partial charge in [0.15, 0.2) is 0 Å². The van der Waals surface area contributed by atoms with E-state index in [1.165, 1.54) is 10.7 Å². The number of anilines is 1. The number of thioether (sulfide) groups is 1. The van der Waals surface area contributed by atoms with Crippen LogP contribution in [0.5, 0.6) is 5.75 Å². The quantitative estimate of drug-likeness (QED) is 0.541. The number of amides is 1. The molecule has 3 aromatic rings. The van der Waals surface area contributed by atoms with Gasteiger partial charge in [-0.15, -0.1) is 5.10 Å². The van der Waals surface area contributed by atoms with E-state index in [9.17, 15) is 14.7 Å². The zero-order chi connectivity index (χ0) is 20.8. The average molecular weight is 413 g/mol. The van der Waals surface area contributed by atoms with Gasteiger partial charge in [-0.3, -0.25) is 4.79 Å². The van der Waals surface area contributed by atoms with Crippen molar-refractivity contribution < 1.29 is 19.4 Å². The third kappa shape index (κ3) is 4.91. The molecule has 0 aliphatic carbocycles. The second kappa shape index (κ2) is 9.20. The van der Waals surface area contributed by atoms with Crippen molar-refractivity contribution >= 4 is 29.3 Å². The van der Waals surface area contributed by atoms with Crippen molar-refractivity contribution in [2.45, 2.75) is 19.0 Å². The Hall–Kier alpha value is -3.40. The number of aryl methyl sites for hydroxylation is 1. The summed E-state index contributed by atoms with van der Waals surface area (Å²) in [6, 6.07) is 12.1. The summed E-state index contributed by atoms with van der Waals surface area (Å²) in [6.45, 7) is 4.16. The summed E-state index contributed by atoms with van der Waals surface area (Å²) in [5.41, 5.74) is 1.74. The van der Waals surface area contributed by atoms with Crippen LogP contribution in [0.25, 0.3) is 5.69 Å². The first-order valence-electron chi connectivity index (χ1n) is 8.76. The summed E-state index contributed by atoms with van der Waals surface area (Å²) in [6.07, 6.45) is 0. The SMILES string of the molecule is CCOc1ccccc1-n1nnnc1SCC(=O)Nc1ccc(C)cc1C(=O)O. The maximum atomic E-state index is 12.4. The van der Waals surface area contributed by atoms with Gasteiger partial charge in [0.25, 0.3) is 0 Å². The number of hydrogen-bond acceptors (Lipinski definition) is 7. The van der Waals surface area contributed by atoms with Gasteiger partial charge in [0, 0.05) is 0 Å². The summed E-state index contributed by atoms with van der Waals surface area (Å²) < 4.78 is 7.10. The molecule has 0 atom stereocenters. The van der Waals surface area contributed by atoms with Crippen molar-refractivity contribution in [3.05, 3.63) is 53.6 Å². The van der Waals surface area contributed by atoms with E-state index in [-0.39, 0.29) is 22.9 Å². The molecule has 1 aromatic heterocycles. The second-order valence-electron chi connectivity index (χ2n) is 5.97. The highest BCUT2D eigenvalue weighted by Crippen LogP contribution is 2.26. The van der Waals surface area contributed by atoms with Gasteiger partial charge >= 0.3 is 5.97 Å². The number of para-hydroxylation sites is 2. The van der Waals surface area contributed by atoms with Gasteiger partial charge < -0.3 is 15.2 Å². The molecule has 0 spiro atoms. The summed E-state index contributed by atoms with van der Waals surface area (Å²) in [7, 11) is 0. The topological polar surface area (TPSA) is 119 Å². The predicted octanol–water partition coefficient (Wildman–Crippen LogP) is 2.80. The number of ether oxygens (including phenoxy) is 1. The molecule has 0 unspecified atom stereocenters. The summed E-state index contributed by atoms with van der Waals surface area (Å²) >= 11 is 1.13. The molecule has 9 nitrogen and oxygen atoms in total. The molecule has 0 aliphatic rings. The van der Waals surface area contributed by atoms with E-state index >= 15 is 0 Å². The highest BCUT2D eigenvalue weighted by molar-refractivity contribution is 7.99. The van der Waals surface area contributed by atoms with Crippen molar-refractivity contribution in [1.29, 1.82) is 0 Å². The predicted molar refractivity (Wildman–Crippen MR) is 108 cm³/mol. The molecule has 0 saturated heterocycles. The minimum Gasteiger partial charge on any atom is -0.492 e.